The van der Waals surface area contributed by atoms with Crippen molar-refractivity contribution in [3.8, 4) is 0 Å². The molecule has 1 N–H and O–H groups in total. The van der Waals surface area contributed by atoms with Crippen LogP contribution < -0.4 is 5.32 Å². The van der Waals surface area contributed by atoms with Crippen molar-refractivity contribution in [1.29, 1.82) is 0 Å². The highest BCUT2D eigenvalue weighted by molar-refractivity contribution is 7.89. The van der Waals surface area contributed by atoms with Gasteiger partial charge in [0.2, 0.25) is 10.0 Å². The molecule has 0 radical (unpaired) electrons. The summed E-state index contributed by atoms with van der Waals surface area (Å²) in [7, 11) is -1.42. The Hall–Kier alpha value is -1.02. The summed E-state index contributed by atoms with van der Waals surface area (Å²) in [5.74, 6) is 0.0935. The van der Waals surface area contributed by atoms with Gasteiger partial charge in [-0.05, 0) is 19.2 Å². The number of morpholine rings is 1. The molecule has 1 fully saturated rings. The minimum Gasteiger partial charge on any atom is -0.374 e. The minimum atomic E-state index is -3.25. The molecule has 0 bridgehead atoms. The monoisotopic (exact) mass is 299 g/mol. The second-order valence-corrected chi connectivity index (χ2v) is 6.88. The summed E-state index contributed by atoms with van der Waals surface area (Å²) in [4.78, 5) is 4.15. The van der Waals surface area contributed by atoms with E-state index >= 15 is 0 Å². The number of hydrogen-bond donors (Lipinski definition) is 1. The second kappa shape index (κ2) is 7.12. The molecule has 0 saturated carbocycles. The SMILES string of the molecule is CNCC1CN(S(=O)(=O)CCc2ccccn2)CCO1. The van der Waals surface area contributed by atoms with Gasteiger partial charge in [-0.25, -0.2) is 8.42 Å². The van der Waals surface area contributed by atoms with E-state index in [1.807, 2.05) is 25.2 Å². The number of hydrogen-bond acceptors (Lipinski definition) is 5. The molecule has 1 aliphatic heterocycles. The first-order valence-electron chi connectivity index (χ1n) is 6.76. The Balaban J connectivity index is 1.92. The van der Waals surface area contributed by atoms with Gasteiger partial charge in [0.1, 0.15) is 0 Å². The fourth-order valence-electron chi connectivity index (χ4n) is 2.20. The molecular weight excluding hydrogens is 278 g/mol. The lowest BCUT2D eigenvalue weighted by Crippen LogP contribution is -2.49. The van der Waals surface area contributed by atoms with Crippen LogP contribution in [-0.2, 0) is 21.2 Å². The maximum Gasteiger partial charge on any atom is 0.214 e. The van der Waals surface area contributed by atoms with Crippen LogP contribution in [0.15, 0.2) is 24.4 Å². The number of nitrogens with zero attached hydrogens (tertiary/aromatic N) is 2. The number of sulfonamides is 1. The number of nitrogens with one attached hydrogen (secondary N) is 1. The fraction of sp³-hybridized carbons (Fsp3) is 0.615. The van der Waals surface area contributed by atoms with Crippen molar-refractivity contribution in [2.45, 2.75) is 12.5 Å². The Morgan fingerprint density at radius 1 is 1.50 bits per heavy atom. The average Bonchev–Trinajstić information content (AvgIpc) is 2.47. The molecule has 1 aliphatic rings. The molecule has 112 valence electrons. The third kappa shape index (κ3) is 4.24. The van der Waals surface area contributed by atoms with Crippen LogP contribution in [0.3, 0.4) is 0 Å². The molecule has 20 heavy (non-hydrogen) atoms. The lowest BCUT2D eigenvalue weighted by molar-refractivity contribution is 0.000845. The Labute approximate surface area is 120 Å². The molecule has 1 aromatic rings. The van der Waals surface area contributed by atoms with Crippen LogP contribution in [0.25, 0.3) is 0 Å². The summed E-state index contributed by atoms with van der Waals surface area (Å²) in [6.07, 6.45) is 2.05. The smallest absolute Gasteiger partial charge is 0.214 e. The van der Waals surface area contributed by atoms with E-state index in [0.29, 0.717) is 32.7 Å². The highest BCUT2D eigenvalue weighted by atomic mass is 32.2. The van der Waals surface area contributed by atoms with E-state index in [2.05, 4.69) is 10.3 Å². The molecular formula is C13H21N3O3S. The first kappa shape index (κ1) is 15.4. The quantitative estimate of drug-likeness (QED) is 0.792. The Bertz CT molecular complexity index is 505. The maximum atomic E-state index is 12.3. The molecule has 0 aliphatic carbocycles. The summed E-state index contributed by atoms with van der Waals surface area (Å²) < 4.78 is 31.7. The van der Waals surface area contributed by atoms with Crippen molar-refractivity contribution in [2.24, 2.45) is 0 Å². The van der Waals surface area contributed by atoms with Crippen LogP contribution in [0.5, 0.6) is 0 Å². The number of pyridine rings is 1. The summed E-state index contributed by atoms with van der Waals surface area (Å²) >= 11 is 0. The van der Waals surface area contributed by atoms with E-state index in [9.17, 15) is 8.42 Å². The number of aryl methyl sites for hydroxylation is 1. The topological polar surface area (TPSA) is 71.5 Å². The zero-order chi connectivity index (χ0) is 14.4. The zero-order valence-electron chi connectivity index (χ0n) is 11.7. The summed E-state index contributed by atoms with van der Waals surface area (Å²) in [6, 6.07) is 5.54. The molecule has 2 heterocycles. The highest BCUT2D eigenvalue weighted by Crippen LogP contribution is 2.11. The van der Waals surface area contributed by atoms with Gasteiger partial charge >= 0.3 is 0 Å². The number of ether oxygens (including phenoxy) is 1. The summed E-state index contributed by atoms with van der Waals surface area (Å²) in [5.41, 5.74) is 0.802. The molecule has 2 rings (SSSR count). The van der Waals surface area contributed by atoms with Crippen molar-refractivity contribution in [3.63, 3.8) is 0 Å². The van der Waals surface area contributed by atoms with E-state index in [-0.39, 0.29) is 11.9 Å². The zero-order valence-corrected chi connectivity index (χ0v) is 12.5. The third-order valence-electron chi connectivity index (χ3n) is 3.27. The van der Waals surface area contributed by atoms with Gasteiger partial charge in [0.05, 0.1) is 18.5 Å². The summed E-state index contributed by atoms with van der Waals surface area (Å²) in [5, 5.41) is 3.01. The van der Waals surface area contributed by atoms with Crippen molar-refractivity contribution in [1.82, 2.24) is 14.6 Å². The summed E-state index contributed by atoms with van der Waals surface area (Å²) in [6.45, 7) is 1.97. The van der Waals surface area contributed by atoms with Crippen molar-refractivity contribution in [2.75, 3.05) is 39.0 Å². The number of aromatic nitrogens is 1. The molecule has 6 nitrogen and oxygen atoms in total. The van der Waals surface area contributed by atoms with Gasteiger partial charge in [0.25, 0.3) is 0 Å². The molecule has 1 saturated heterocycles. The lowest BCUT2D eigenvalue weighted by atomic mass is 10.3. The average molecular weight is 299 g/mol. The molecule has 0 amide bonds. The third-order valence-corrected chi connectivity index (χ3v) is 5.11. The van der Waals surface area contributed by atoms with Crippen LogP contribution in [-0.4, -0.2) is 62.9 Å². The Morgan fingerprint density at radius 2 is 2.35 bits per heavy atom. The van der Waals surface area contributed by atoms with Gasteiger partial charge in [0, 0.05) is 37.9 Å². The van der Waals surface area contributed by atoms with Gasteiger partial charge in [0.15, 0.2) is 0 Å². The van der Waals surface area contributed by atoms with Gasteiger partial charge in [-0.2, -0.15) is 4.31 Å². The first-order chi connectivity index (χ1) is 9.62. The minimum absolute atomic E-state index is 0.0709. The van der Waals surface area contributed by atoms with Gasteiger partial charge in [-0.3, -0.25) is 4.98 Å². The van der Waals surface area contributed by atoms with Crippen LogP contribution in [0, 0.1) is 0 Å². The van der Waals surface area contributed by atoms with Crippen molar-refractivity contribution >= 4 is 10.0 Å². The van der Waals surface area contributed by atoms with Gasteiger partial charge < -0.3 is 10.1 Å². The molecule has 1 atom stereocenters. The second-order valence-electron chi connectivity index (χ2n) is 4.80. The lowest BCUT2D eigenvalue weighted by Gasteiger charge is -2.32. The predicted molar refractivity (Wildman–Crippen MR) is 77.0 cm³/mol. The van der Waals surface area contributed by atoms with Crippen LogP contribution in [0.4, 0.5) is 0 Å². The normalized spacial score (nSPS) is 20.9. The van der Waals surface area contributed by atoms with E-state index < -0.39 is 10.0 Å². The highest BCUT2D eigenvalue weighted by Gasteiger charge is 2.28. The Morgan fingerprint density at radius 3 is 3.05 bits per heavy atom. The van der Waals surface area contributed by atoms with E-state index in [0.717, 1.165) is 5.69 Å². The first-order valence-corrected chi connectivity index (χ1v) is 8.36. The maximum absolute atomic E-state index is 12.3. The van der Waals surface area contributed by atoms with Crippen molar-refractivity contribution in [3.05, 3.63) is 30.1 Å². The van der Waals surface area contributed by atoms with Crippen LogP contribution in [0.2, 0.25) is 0 Å². The van der Waals surface area contributed by atoms with E-state index in [1.54, 1.807) is 6.20 Å². The van der Waals surface area contributed by atoms with Crippen molar-refractivity contribution < 1.29 is 13.2 Å². The molecule has 1 unspecified atom stereocenters. The van der Waals surface area contributed by atoms with E-state index in [4.69, 9.17) is 4.74 Å². The van der Waals surface area contributed by atoms with E-state index in [1.165, 1.54) is 4.31 Å². The standard InChI is InChI=1S/C13H21N3O3S/c1-14-10-13-11-16(7-8-19-13)20(17,18)9-5-12-4-2-3-6-15-12/h2-4,6,13-14H,5,7-11H2,1H3. The van der Waals surface area contributed by atoms with Gasteiger partial charge in [-0.15, -0.1) is 0 Å². The van der Waals surface area contributed by atoms with Crippen LogP contribution in [0.1, 0.15) is 5.69 Å². The predicted octanol–water partition coefficient (Wildman–Crippen LogP) is -0.126. The molecule has 1 aromatic heterocycles. The largest absolute Gasteiger partial charge is 0.374 e. The van der Waals surface area contributed by atoms with Gasteiger partial charge in [-0.1, -0.05) is 6.07 Å². The number of likely N-dealkylation sites (N-methyl/N-ethyl adjacent to an activating group) is 1. The number of rotatable bonds is 6. The Kier molecular flexibility index (Phi) is 5.47. The molecule has 0 spiro atoms. The molecule has 0 aromatic carbocycles. The molecule has 7 heteroatoms. The fourth-order valence-corrected chi connectivity index (χ4v) is 3.68. The van der Waals surface area contributed by atoms with Crippen LogP contribution >= 0.6 is 0 Å².